The van der Waals surface area contributed by atoms with Gasteiger partial charge in [-0.3, -0.25) is 9.59 Å². The zero-order chi connectivity index (χ0) is 19.7. The standard InChI is InChI=1S/C23H28N2O2S/c1-17(2)19-6-4-18(5-7-19)14-24-11-3-9-23(22(24)27)10-12-25(16-23)21(26)20-8-13-28-15-20/h4-8,13,15,17H,3,9-12,14,16H2,1-2H3. The van der Waals surface area contributed by atoms with Crippen LogP contribution in [0.15, 0.2) is 41.1 Å². The molecule has 1 atom stereocenters. The number of likely N-dealkylation sites (tertiary alicyclic amines) is 2. The molecule has 1 aromatic carbocycles. The number of benzene rings is 1. The highest BCUT2D eigenvalue weighted by Crippen LogP contribution is 2.41. The van der Waals surface area contributed by atoms with Gasteiger partial charge in [-0.25, -0.2) is 0 Å². The number of piperidine rings is 1. The molecular weight excluding hydrogens is 368 g/mol. The number of thiophene rings is 1. The highest BCUT2D eigenvalue weighted by atomic mass is 32.1. The first-order chi connectivity index (χ1) is 13.5. The van der Waals surface area contributed by atoms with Gasteiger partial charge < -0.3 is 9.80 Å². The van der Waals surface area contributed by atoms with Crippen molar-refractivity contribution in [3.05, 3.63) is 57.8 Å². The second kappa shape index (κ2) is 7.70. The number of hydrogen-bond acceptors (Lipinski definition) is 3. The second-order valence-electron chi connectivity index (χ2n) is 8.50. The van der Waals surface area contributed by atoms with Gasteiger partial charge in [-0.1, -0.05) is 38.1 Å². The van der Waals surface area contributed by atoms with Crippen molar-refractivity contribution in [2.45, 2.75) is 45.6 Å². The molecule has 1 unspecified atom stereocenters. The Morgan fingerprint density at radius 1 is 1.14 bits per heavy atom. The third-order valence-corrected chi connectivity index (χ3v) is 6.94. The number of carbonyl (C=O) groups excluding carboxylic acids is 2. The quantitative estimate of drug-likeness (QED) is 0.762. The Balaban J connectivity index is 1.45. The molecule has 4 nitrogen and oxygen atoms in total. The van der Waals surface area contributed by atoms with E-state index in [1.165, 1.54) is 22.5 Å². The van der Waals surface area contributed by atoms with Crippen molar-refractivity contribution in [3.8, 4) is 0 Å². The molecule has 0 radical (unpaired) electrons. The lowest BCUT2D eigenvalue weighted by atomic mass is 9.78. The molecule has 148 valence electrons. The second-order valence-corrected chi connectivity index (χ2v) is 9.28. The van der Waals surface area contributed by atoms with Gasteiger partial charge in [-0.05, 0) is 47.8 Å². The van der Waals surface area contributed by atoms with Gasteiger partial charge in [0, 0.05) is 31.6 Å². The molecule has 0 N–H and O–H groups in total. The van der Waals surface area contributed by atoms with E-state index in [1.54, 1.807) is 0 Å². The fourth-order valence-electron chi connectivity index (χ4n) is 4.52. The van der Waals surface area contributed by atoms with Crippen molar-refractivity contribution in [2.24, 2.45) is 5.41 Å². The largest absolute Gasteiger partial charge is 0.338 e. The minimum atomic E-state index is -0.387. The first kappa shape index (κ1) is 19.2. The summed E-state index contributed by atoms with van der Waals surface area (Å²) in [6, 6.07) is 10.5. The Kier molecular flexibility index (Phi) is 5.28. The molecule has 2 saturated heterocycles. The van der Waals surface area contributed by atoms with Crippen LogP contribution in [0.2, 0.25) is 0 Å². The summed E-state index contributed by atoms with van der Waals surface area (Å²) >= 11 is 1.54. The summed E-state index contributed by atoms with van der Waals surface area (Å²) in [4.78, 5) is 30.0. The molecule has 2 aliphatic heterocycles. The first-order valence-corrected chi connectivity index (χ1v) is 11.1. The van der Waals surface area contributed by atoms with Gasteiger partial charge in [0.25, 0.3) is 5.91 Å². The molecule has 1 spiro atoms. The summed E-state index contributed by atoms with van der Waals surface area (Å²) in [6.45, 7) is 7.09. The van der Waals surface area contributed by atoms with Crippen LogP contribution >= 0.6 is 11.3 Å². The highest BCUT2D eigenvalue weighted by molar-refractivity contribution is 7.08. The van der Waals surface area contributed by atoms with Crippen molar-refractivity contribution in [1.82, 2.24) is 9.80 Å². The summed E-state index contributed by atoms with van der Waals surface area (Å²) in [6.07, 6.45) is 2.68. The van der Waals surface area contributed by atoms with E-state index in [0.29, 0.717) is 25.6 Å². The molecule has 2 fully saturated rings. The van der Waals surface area contributed by atoms with Gasteiger partial charge in [-0.15, -0.1) is 0 Å². The summed E-state index contributed by atoms with van der Waals surface area (Å²) < 4.78 is 0. The zero-order valence-electron chi connectivity index (χ0n) is 16.7. The van der Waals surface area contributed by atoms with Crippen molar-refractivity contribution in [1.29, 1.82) is 0 Å². The number of amides is 2. The zero-order valence-corrected chi connectivity index (χ0v) is 17.5. The summed E-state index contributed by atoms with van der Waals surface area (Å²) in [7, 11) is 0. The fraction of sp³-hybridized carbons (Fsp3) is 0.478. The lowest BCUT2D eigenvalue weighted by Gasteiger charge is -2.39. The van der Waals surface area contributed by atoms with Crippen LogP contribution in [0.3, 0.4) is 0 Å². The normalized spacial score (nSPS) is 22.5. The van der Waals surface area contributed by atoms with Crippen LogP contribution in [0.25, 0.3) is 0 Å². The van der Waals surface area contributed by atoms with Gasteiger partial charge in [-0.2, -0.15) is 11.3 Å². The maximum absolute atomic E-state index is 13.4. The lowest BCUT2D eigenvalue weighted by Crippen LogP contribution is -2.50. The Morgan fingerprint density at radius 3 is 2.61 bits per heavy atom. The number of hydrogen-bond donors (Lipinski definition) is 0. The van der Waals surface area contributed by atoms with Crippen LogP contribution in [0, 0.1) is 5.41 Å². The Morgan fingerprint density at radius 2 is 1.93 bits per heavy atom. The topological polar surface area (TPSA) is 40.6 Å². The van der Waals surface area contributed by atoms with E-state index in [1.807, 2.05) is 26.6 Å². The van der Waals surface area contributed by atoms with E-state index in [-0.39, 0.29) is 17.2 Å². The van der Waals surface area contributed by atoms with Crippen LogP contribution in [0.1, 0.15) is 60.5 Å². The van der Waals surface area contributed by atoms with Crippen molar-refractivity contribution < 1.29 is 9.59 Å². The lowest BCUT2D eigenvalue weighted by molar-refractivity contribution is -0.146. The van der Waals surface area contributed by atoms with E-state index in [9.17, 15) is 9.59 Å². The smallest absolute Gasteiger partial charge is 0.254 e. The number of rotatable bonds is 4. The number of nitrogens with zero attached hydrogens (tertiary/aromatic N) is 2. The van der Waals surface area contributed by atoms with E-state index >= 15 is 0 Å². The molecule has 1 aromatic heterocycles. The molecule has 4 rings (SSSR count). The predicted molar refractivity (Wildman–Crippen MR) is 112 cm³/mol. The van der Waals surface area contributed by atoms with Crippen LogP contribution in [0.4, 0.5) is 0 Å². The van der Waals surface area contributed by atoms with E-state index in [4.69, 9.17) is 0 Å². The maximum atomic E-state index is 13.4. The van der Waals surface area contributed by atoms with Gasteiger partial charge in [0.2, 0.25) is 5.91 Å². The van der Waals surface area contributed by atoms with Gasteiger partial charge in [0.1, 0.15) is 0 Å². The summed E-state index contributed by atoms with van der Waals surface area (Å²) in [5.74, 6) is 0.804. The average Bonchev–Trinajstić information content (AvgIpc) is 3.37. The molecule has 2 aliphatic rings. The van der Waals surface area contributed by atoms with E-state index < -0.39 is 0 Å². The van der Waals surface area contributed by atoms with Gasteiger partial charge >= 0.3 is 0 Å². The first-order valence-electron chi connectivity index (χ1n) is 10.2. The molecule has 28 heavy (non-hydrogen) atoms. The van der Waals surface area contributed by atoms with Crippen LogP contribution in [0.5, 0.6) is 0 Å². The van der Waals surface area contributed by atoms with Gasteiger partial charge in [0.15, 0.2) is 0 Å². The predicted octanol–water partition coefficient (Wildman–Crippen LogP) is 4.53. The van der Waals surface area contributed by atoms with Crippen LogP contribution in [-0.4, -0.2) is 41.2 Å². The number of carbonyl (C=O) groups is 2. The third-order valence-electron chi connectivity index (χ3n) is 6.25. The molecule has 0 saturated carbocycles. The van der Waals surface area contributed by atoms with E-state index in [2.05, 4.69) is 38.1 Å². The minimum absolute atomic E-state index is 0.0623. The molecule has 0 aliphatic carbocycles. The minimum Gasteiger partial charge on any atom is -0.338 e. The Labute approximate surface area is 171 Å². The summed E-state index contributed by atoms with van der Waals surface area (Å²) in [5, 5.41) is 3.82. The fourth-order valence-corrected chi connectivity index (χ4v) is 5.15. The summed E-state index contributed by atoms with van der Waals surface area (Å²) in [5.41, 5.74) is 2.86. The molecule has 2 amide bonds. The molecule has 2 aromatic rings. The molecule has 0 bridgehead atoms. The maximum Gasteiger partial charge on any atom is 0.254 e. The van der Waals surface area contributed by atoms with Crippen LogP contribution in [-0.2, 0) is 11.3 Å². The van der Waals surface area contributed by atoms with Crippen molar-refractivity contribution >= 4 is 23.2 Å². The van der Waals surface area contributed by atoms with Gasteiger partial charge in [0.05, 0.1) is 11.0 Å². The van der Waals surface area contributed by atoms with Crippen molar-refractivity contribution in [3.63, 3.8) is 0 Å². The van der Waals surface area contributed by atoms with Crippen molar-refractivity contribution in [2.75, 3.05) is 19.6 Å². The highest BCUT2D eigenvalue weighted by Gasteiger charge is 2.49. The monoisotopic (exact) mass is 396 g/mol. The van der Waals surface area contributed by atoms with E-state index in [0.717, 1.165) is 31.4 Å². The SMILES string of the molecule is CC(C)c1ccc(CN2CCCC3(CCN(C(=O)c4ccsc4)C3)C2=O)cc1. The Bertz CT molecular complexity index is 844. The van der Waals surface area contributed by atoms with Crippen LogP contribution < -0.4 is 0 Å². The molecular formula is C23H28N2O2S. The molecule has 3 heterocycles. The average molecular weight is 397 g/mol. The Hall–Kier alpha value is -2.14. The molecule has 5 heteroatoms. The third kappa shape index (κ3) is 3.60.